The van der Waals surface area contributed by atoms with Crippen molar-refractivity contribution in [1.29, 1.82) is 0 Å². The third-order valence-electron chi connectivity index (χ3n) is 1.16. The number of hydrogen-bond donors (Lipinski definition) is 1. The van der Waals surface area contributed by atoms with E-state index in [1.807, 2.05) is 0 Å². The summed E-state index contributed by atoms with van der Waals surface area (Å²) in [6.07, 6.45) is 1.38. The molecule has 0 radical (unpaired) electrons. The van der Waals surface area contributed by atoms with E-state index >= 15 is 0 Å². The molecule has 1 aliphatic heterocycles. The second-order valence-corrected chi connectivity index (χ2v) is 2.58. The minimum atomic E-state index is 0.314. The molecular weight excluding hydrogens is 170 g/mol. The van der Waals surface area contributed by atoms with Crippen LogP contribution in [0.25, 0.3) is 0 Å². The van der Waals surface area contributed by atoms with E-state index in [1.165, 1.54) is 0 Å². The number of hydrogen-bond acceptors (Lipinski definition) is 2. The van der Waals surface area contributed by atoms with E-state index in [0.29, 0.717) is 6.23 Å². The Morgan fingerprint density at radius 1 is 1.75 bits per heavy atom. The molecule has 2 nitrogen and oxygen atoms in total. The Kier molecular flexibility index (Phi) is 2.80. The maximum atomic E-state index is 5.25. The molecule has 0 aromatic rings. The molecule has 1 N–H and O–H groups in total. The summed E-state index contributed by atoms with van der Waals surface area (Å²) in [6.45, 7) is 1.88. The second-order valence-electron chi connectivity index (χ2n) is 1.79. The normalized spacial score (nSPS) is 28.9. The van der Waals surface area contributed by atoms with Crippen LogP contribution in [0.3, 0.4) is 0 Å². The lowest BCUT2D eigenvalue weighted by molar-refractivity contribution is 0.0996. The Labute approximate surface area is 57.7 Å². The zero-order valence-corrected chi connectivity index (χ0v) is 6.28. The van der Waals surface area contributed by atoms with Gasteiger partial charge in [0, 0.05) is 11.9 Å². The van der Waals surface area contributed by atoms with E-state index in [0.717, 1.165) is 24.9 Å². The molecule has 0 aromatic heterocycles. The smallest absolute Gasteiger partial charge is 0.109 e. The molecule has 0 bridgehead atoms. The first kappa shape index (κ1) is 6.52. The first-order valence-electron chi connectivity index (χ1n) is 2.84. The summed E-state index contributed by atoms with van der Waals surface area (Å²) in [6, 6.07) is 0. The molecule has 1 saturated heterocycles. The Balaban J connectivity index is 2.06. The van der Waals surface area contributed by atoms with Crippen molar-refractivity contribution in [3.8, 4) is 0 Å². The fourth-order valence-corrected chi connectivity index (χ4v) is 1.18. The van der Waals surface area contributed by atoms with Gasteiger partial charge in [0.15, 0.2) is 0 Å². The molecular formula is C5H10BrNO. The lowest BCUT2D eigenvalue weighted by Gasteiger charge is -2.04. The van der Waals surface area contributed by atoms with Crippen molar-refractivity contribution < 1.29 is 4.74 Å². The number of rotatable bonds is 2. The fraction of sp³-hybridized carbons (Fsp3) is 1.00. The van der Waals surface area contributed by atoms with Crippen molar-refractivity contribution in [1.82, 2.24) is 5.32 Å². The molecule has 1 rings (SSSR count). The summed E-state index contributed by atoms with van der Waals surface area (Å²) in [5.41, 5.74) is 0. The largest absolute Gasteiger partial charge is 0.362 e. The van der Waals surface area contributed by atoms with Gasteiger partial charge in [0.2, 0.25) is 0 Å². The van der Waals surface area contributed by atoms with Crippen molar-refractivity contribution in [2.45, 2.75) is 12.6 Å². The Morgan fingerprint density at radius 3 is 3.12 bits per heavy atom. The van der Waals surface area contributed by atoms with Gasteiger partial charge in [-0.2, -0.15) is 0 Å². The van der Waals surface area contributed by atoms with Crippen LogP contribution >= 0.6 is 15.9 Å². The average Bonchev–Trinajstić information content (AvgIpc) is 2.19. The lowest BCUT2D eigenvalue weighted by atomic mass is 10.4. The number of alkyl halides is 1. The van der Waals surface area contributed by atoms with Gasteiger partial charge in [-0.15, -0.1) is 0 Å². The summed E-state index contributed by atoms with van der Waals surface area (Å²) >= 11 is 3.34. The minimum Gasteiger partial charge on any atom is -0.362 e. The molecule has 8 heavy (non-hydrogen) atoms. The topological polar surface area (TPSA) is 21.3 Å². The van der Waals surface area contributed by atoms with Crippen molar-refractivity contribution in [2.75, 3.05) is 18.5 Å². The molecule has 1 fully saturated rings. The van der Waals surface area contributed by atoms with Crippen molar-refractivity contribution >= 4 is 15.9 Å². The summed E-state index contributed by atoms with van der Waals surface area (Å²) < 4.78 is 5.25. The number of halogens is 1. The van der Waals surface area contributed by atoms with E-state index in [4.69, 9.17) is 4.74 Å². The van der Waals surface area contributed by atoms with Gasteiger partial charge < -0.3 is 4.74 Å². The van der Waals surface area contributed by atoms with Crippen molar-refractivity contribution in [3.63, 3.8) is 0 Å². The number of nitrogens with one attached hydrogen (secondary N) is 1. The van der Waals surface area contributed by atoms with Crippen LogP contribution < -0.4 is 5.32 Å². The van der Waals surface area contributed by atoms with Crippen LogP contribution in [-0.4, -0.2) is 24.7 Å². The van der Waals surface area contributed by atoms with Gasteiger partial charge in [-0.1, -0.05) is 15.9 Å². The summed E-state index contributed by atoms with van der Waals surface area (Å²) in [5.74, 6) is 0. The van der Waals surface area contributed by atoms with Gasteiger partial charge in [0.25, 0.3) is 0 Å². The fourth-order valence-electron chi connectivity index (χ4n) is 0.765. The average molecular weight is 180 g/mol. The van der Waals surface area contributed by atoms with Gasteiger partial charge in [-0.3, -0.25) is 5.32 Å². The van der Waals surface area contributed by atoms with Crippen LogP contribution in [-0.2, 0) is 4.74 Å². The van der Waals surface area contributed by atoms with E-state index in [2.05, 4.69) is 21.2 Å². The first-order valence-corrected chi connectivity index (χ1v) is 3.96. The van der Waals surface area contributed by atoms with E-state index < -0.39 is 0 Å². The molecule has 0 amide bonds. The maximum Gasteiger partial charge on any atom is 0.109 e. The summed E-state index contributed by atoms with van der Waals surface area (Å²) in [7, 11) is 0. The number of ether oxygens (including phenoxy) is 1. The highest BCUT2D eigenvalue weighted by atomic mass is 79.9. The highest BCUT2D eigenvalue weighted by Gasteiger charge is 2.11. The SMILES string of the molecule is BrCCC1NCCO1. The Morgan fingerprint density at radius 2 is 2.62 bits per heavy atom. The second kappa shape index (κ2) is 3.43. The van der Waals surface area contributed by atoms with Crippen LogP contribution in [0.4, 0.5) is 0 Å². The standard InChI is InChI=1S/C5H10BrNO/c6-2-1-5-7-3-4-8-5/h5,7H,1-4H2. The van der Waals surface area contributed by atoms with E-state index in [-0.39, 0.29) is 0 Å². The quantitative estimate of drug-likeness (QED) is 0.632. The molecule has 1 aliphatic rings. The molecule has 48 valence electrons. The zero-order chi connectivity index (χ0) is 5.82. The molecule has 1 unspecified atom stereocenters. The summed E-state index contributed by atoms with van der Waals surface area (Å²) in [4.78, 5) is 0. The molecule has 0 aromatic carbocycles. The van der Waals surface area contributed by atoms with Crippen LogP contribution in [0.15, 0.2) is 0 Å². The maximum absolute atomic E-state index is 5.25. The Hall–Kier alpha value is 0.400. The van der Waals surface area contributed by atoms with Gasteiger partial charge in [0.1, 0.15) is 6.23 Å². The van der Waals surface area contributed by atoms with Crippen LogP contribution in [0.2, 0.25) is 0 Å². The first-order chi connectivity index (χ1) is 3.93. The lowest BCUT2D eigenvalue weighted by Crippen LogP contribution is -2.22. The highest BCUT2D eigenvalue weighted by Crippen LogP contribution is 2.01. The highest BCUT2D eigenvalue weighted by molar-refractivity contribution is 9.09. The zero-order valence-electron chi connectivity index (χ0n) is 4.69. The molecule has 0 spiro atoms. The van der Waals surface area contributed by atoms with Crippen molar-refractivity contribution in [2.24, 2.45) is 0 Å². The van der Waals surface area contributed by atoms with E-state index in [9.17, 15) is 0 Å². The molecule has 1 atom stereocenters. The van der Waals surface area contributed by atoms with Crippen molar-refractivity contribution in [3.05, 3.63) is 0 Å². The van der Waals surface area contributed by atoms with Gasteiger partial charge in [-0.25, -0.2) is 0 Å². The predicted molar refractivity (Wildman–Crippen MR) is 36.2 cm³/mol. The van der Waals surface area contributed by atoms with Gasteiger partial charge >= 0.3 is 0 Å². The summed E-state index contributed by atoms with van der Waals surface area (Å²) in [5, 5.41) is 4.22. The monoisotopic (exact) mass is 179 g/mol. The third kappa shape index (κ3) is 1.73. The molecule has 0 saturated carbocycles. The third-order valence-corrected chi connectivity index (χ3v) is 1.62. The van der Waals surface area contributed by atoms with Crippen LogP contribution in [0.1, 0.15) is 6.42 Å². The van der Waals surface area contributed by atoms with Gasteiger partial charge in [0.05, 0.1) is 6.61 Å². The molecule has 3 heteroatoms. The molecule has 0 aliphatic carbocycles. The minimum absolute atomic E-state index is 0.314. The van der Waals surface area contributed by atoms with Crippen LogP contribution in [0.5, 0.6) is 0 Å². The van der Waals surface area contributed by atoms with Gasteiger partial charge in [-0.05, 0) is 6.42 Å². The Bertz CT molecular complexity index is 63.4. The predicted octanol–water partition coefficient (Wildman–Crippen LogP) is 0.717. The van der Waals surface area contributed by atoms with Crippen LogP contribution in [0, 0.1) is 0 Å². The molecule has 1 heterocycles. The van der Waals surface area contributed by atoms with E-state index in [1.54, 1.807) is 0 Å².